The fourth-order valence-electron chi connectivity index (χ4n) is 3.59. The maximum Gasteiger partial charge on any atom is 0.270 e. The number of aromatic nitrogens is 1. The van der Waals surface area contributed by atoms with Gasteiger partial charge in [0.2, 0.25) is 11.8 Å². The summed E-state index contributed by atoms with van der Waals surface area (Å²) in [4.78, 5) is 41.0. The predicted octanol–water partition coefficient (Wildman–Crippen LogP) is 1.06. The molecule has 3 amide bonds. The third kappa shape index (κ3) is 2.16. The number of fused-ring (bicyclic) bond motifs is 1. The molecule has 3 heterocycles. The van der Waals surface area contributed by atoms with Crippen molar-refractivity contribution in [3.63, 3.8) is 0 Å². The largest absolute Gasteiger partial charge is 0.497 e. The van der Waals surface area contributed by atoms with Crippen LogP contribution in [-0.2, 0) is 9.59 Å². The molecule has 1 atom stereocenters. The van der Waals surface area contributed by atoms with Gasteiger partial charge in [-0.3, -0.25) is 19.7 Å². The summed E-state index contributed by atoms with van der Waals surface area (Å²) in [6.45, 7) is 0.750. The van der Waals surface area contributed by atoms with Gasteiger partial charge in [0.15, 0.2) is 0 Å². The van der Waals surface area contributed by atoms with Crippen LogP contribution in [0.15, 0.2) is 24.3 Å². The predicted molar refractivity (Wildman–Crippen MR) is 85.6 cm³/mol. The number of methoxy groups -OCH3 is 1. The first-order valence-corrected chi connectivity index (χ1v) is 7.81. The molecule has 2 fully saturated rings. The van der Waals surface area contributed by atoms with Crippen LogP contribution in [-0.4, -0.2) is 47.8 Å². The Morgan fingerprint density at radius 2 is 2.12 bits per heavy atom. The number of hydrogen-bond acceptors (Lipinski definition) is 4. The van der Waals surface area contributed by atoms with Crippen molar-refractivity contribution in [2.24, 2.45) is 5.41 Å². The van der Waals surface area contributed by atoms with E-state index in [1.807, 2.05) is 18.2 Å². The summed E-state index contributed by atoms with van der Waals surface area (Å²) in [6.07, 6.45) is 0.684. The van der Waals surface area contributed by atoms with E-state index in [0.717, 1.165) is 16.7 Å². The van der Waals surface area contributed by atoms with Gasteiger partial charge in [-0.25, -0.2) is 0 Å². The Morgan fingerprint density at radius 3 is 2.83 bits per heavy atom. The first-order chi connectivity index (χ1) is 11.5. The van der Waals surface area contributed by atoms with Gasteiger partial charge in [-0.15, -0.1) is 0 Å². The van der Waals surface area contributed by atoms with E-state index in [4.69, 9.17) is 4.74 Å². The number of benzene rings is 1. The zero-order valence-corrected chi connectivity index (χ0v) is 13.2. The van der Waals surface area contributed by atoms with Crippen LogP contribution in [0.1, 0.15) is 23.3 Å². The normalized spacial score (nSPS) is 23.3. The van der Waals surface area contributed by atoms with Crippen LogP contribution in [0.5, 0.6) is 5.75 Å². The van der Waals surface area contributed by atoms with E-state index < -0.39 is 5.41 Å². The molecule has 1 aromatic heterocycles. The molecule has 2 aromatic rings. The topological polar surface area (TPSA) is 91.5 Å². The van der Waals surface area contributed by atoms with Crippen molar-refractivity contribution in [3.8, 4) is 5.75 Å². The van der Waals surface area contributed by atoms with E-state index in [1.54, 1.807) is 18.1 Å². The summed E-state index contributed by atoms with van der Waals surface area (Å²) in [5.74, 6) is 0.0483. The van der Waals surface area contributed by atoms with Gasteiger partial charge in [0, 0.05) is 30.4 Å². The second-order valence-corrected chi connectivity index (χ2v) is 6.45. The first-order valence-electron chi connectivity index (χ1n) is 7.81. The van der Waals surface area contributed by atoms with Crippen molar-refractivity contribution in [3.05, 3.63) is 30.0 Å². The molecule has 7 nitrogen and oxygen atoms in total. The van der Waals surface area contributed by atoms with Crippen LogP contribution in [0.3, 0.4) is 0 Å². The fourth-order valence-corrected chi connectivity index (χ4v) is 3.59. The van der Waals surface area contributed by atoms with E-state index in [-0.39, 0.29) is 30.7 Å². The number of nitrogens with one attached hydrogen (secondary N) is 2. The van der Waals surface area contributed by atoms with Gasteiger partial charge in [-0.1, -0.05) is 0 Å². The summed E-state index contributed by atoms with van der Waals surface area (Å²) >= 11 is 0. The van der Waals surface area contributed by atoms with Gasteiger partial charge >= 0.3 is 0 Å². The van der Waals surface area contributed by atoms with E-state index in [9.17, 15) is 14.4 Å². The molecule has 4 rings (SSSR count). The molecule has 2 N–H and O–H groups in total. The molecule has 7 heteroatoms. The highest BCUT2D eigenvalue weighted by atomic mass is 16.5. The summed E-state index contributed by atoms with van der Waals surface area (Å²) in [6, 6.07) is 7.33. The summed E-state index contributed by atoms with van der Waals surface area (Å²) in [7, 11) is 1.59. The molecule has 24 heavy (non-hydrogen) atoms. The molecule has 0 aliphatic carbocycles. The highest BCUT2D eigenvalue weighted by Crippen LogP contribution is 2.38. The molecule has 0 unspecified atom stereocenters. The Hall–Kier alpha value is -2.83. The number of rotatable bonds is 2. The second-order valence-electron chi connectivity index (χ2n) is 6.45. The number of H-pyrrole nitrogens is 1. The van der Waals surface area contributed by atoms with Crippen LogP contribution in [0, 0.1) is 5.41 Å². The van der Waals surface area contributed by atoms with Crippen molar-refractivity contribution in [2.75, 3.05) is 20.2 Å². The molecule has 124 valence electrons. The smallest absolute Gasteiger partial charge is 0.270 e. The van der Waals surface area contributed by atoms with Gasteiger partial charge < -0.3 is 14.6 Å². The maximum absolute atomic E-state index is 12.7. The number of ether oxygens (including phenoxy) is 1. The van der Waals surface area contributed by atoms with Crippen molar-refractivity contribution >= 4 is 28.6 Å². The van der Waals surface area contributed by atoms with Gasteiger partial charge in [0.05, 0.1) is 12.5 Å². The van der Waals surface area contributed by atoms with Crippen molar-refractivity contribution in [1.82, 2.24) is 15.2 Å². The number of carbonyl (C=O) groups is 3. The Balaban J connectivity index is 1.58. The molecule has 2 saturated heterocycles. The van der Waals surface area contributed by atoms with Crippen LogP contribution in [0.2, 0.25) is 0 Å². The molecule has 2 aliphatic rings. The molecule has 1 aromatic carbocycles. The van der Waals surface area contributed by atoms with Crippen LogP contribution >= 0.6 is 0 Å². The summed E-state index contributed by atoms with van der Waals surface area (Å²) in [5, 5.41) is 3.23. The zero-order chi connectivity index (χ0) is 16.9. The number of nitrogens with zero attached hydrogens (tertiary/aromatic N) is 1. The lowest BCUT2D eigenvalue weighted by molar-refractivity contribution is -0.128. The Morgan fingerprint density at radius 1 is 1.29 bits per heavy atom. The lowest BCUT2D eigenvalue weighted by Gasteiger charge is -2.19. The van der Waals surface area contributed by atoms with Gasteiger partial charge in [-0.2, -0.15) is 0 Å². The first kappa shape index (κ1) is 14.7. The maximum atomic E-state index is 12.7. The summed E-state index contributed by atoms with van der Waals surface area (Å²) < 4.78 is 5.19. The lowest BCUT2D eigenvalue weighted by Crippen LogP contribution is -2.36. The van der Waals surface area contributed by atoms with Crippen LogP contribution < -0.4 is 10.1 Å². The Kier molecular flexibility index (Phi) is 3.13. The number of imide groups is 1. The number of hydrogen-bond donors (Lipinski definition) is 2. The molecular formula is C17H17N3O4. The average Bonchev–Trinajstić information content (AvgIpc) is 3.24. The van der Waals surface area contributed by atoms with Crippen molar-refractivity contribution in [2.45, 2.75) is 12.8 Å². The number of amides is 3. The number of likely N-dealkylation sites (tertiary alicyclic amines) is 1. The quantitative estimate of drug-likeness (QED) is 0.807. The van der Waals surface area contributed by atoms with Gasteiger partial charge in [0.25, 0.3) is 5.91 Å². The van der Waals surface area contributed by atoms with Gasteiger partial charge in [0.1, 0.15) is 11.4 Å². The molecule has 2 aliphatic heterocycles. The highest BCUT2D eigenvalue weighted by Gasteiger charge is 2.51. The minimum absolute atomic E-state index is 0.158. The van der Waals surface area contributed by atoms with E-state index >= 15 is 0 Å². The third-order valence-electron chi connectivity index (χ3n) is 4.93. The fraction of sp³-hybridized carbons (Fsp3) is 0.353. The van der Waals surface area contributed by atoms with Gasteiger partial charge in [-0.05, 0) is 30.7 Å². The molecule has 0 radical (unpaired) electrons. The minimum atomic E-state index is -0.748. The van der Waals surface area contributed by atoms with Crippen LogP contribution in [0.4, 0.5) is 0 Å². The minimum Gasteiger partial charge on any atom is -0.497 e. The zero-order valence-electron chi connectivity index (χ0n) is 13.2. The second kappa shape index (κ2) is 5.09. The summed E-state index contributed by atoms with van der Waals surface area (Å²) in [5.41, 5.74) is 0.573. The van der Waals surface area contributed by atoms with E-state index in [1.165, 1.54) is 0 Å². The number of carbonyl (C=O) groups excluding carboxylic acids is 3. The standard InChI is InChI=1S/C17H17N3O4/c1-24-11-2-3-12-10(6-11)7-13(18-12)15(22)20-5-4-17(9-20)8-14(21)19-16(17)23/h2-3,6-7,18H,4-5,8-9H2,1H3,(H,19,21,23)/t17-/m1/s1. The Labute approximate surface area is 138 Å². The van der Waals surface area contributed by atoms with Crippen molar-refractivity contribution in [1.29, 1.82) is 0 Å². The third-order valence-corrected chi connectivity index (χ3v) is 4.93. The molecular weight excluding hydrogens is 310 g/mol. The SMILES string of the molecule is COc1ccc2[nH]c(C(=O)N3CC[C@@]4(CC(=O)NC4=O)C3)cc2c1. The Bertz CT molecular complexity index is 872. The van der Waals surface area contributed by atoms with E-state index in [0.29, 0.717) is 18.7 Å². The van der Waals surface area contributed by atoms with Crippen molar-refractivity contribution < 1.29 is 19.1 Å². The molecule has 0 bridgehead atoms. The van der Waals surface area contributed by atoms with Crippen LogP contribution in [0.25, 0.3) is 10.9 Å². The number of aromatic amines is 1. The highest BCUT2D eigenvalue weighted by molar-refractivity contribution is 6.07. The molecule has 1 spiro atoms. The van der Waals surface area contributed by atoms with E-state index in [2.05, 4.69) is 10.3 Å². The lowest BCUT2D eigenvalue weighted by atomic mass is 9.85. The average molecular weight is 327 g/mol. The molecule has 0 saturated carbocycles. The monoisotopic (exact) mass is 327 g/mol.